The van der Waals surface area contributed by atoms with Gasteiger partial charge in [0.25, 0.3) is 0 Å². The molecule has 1 aliphatic carbocycles. The molecule has 1 aromatic carbocycles. The Morgan fingerprint density at radius 3 is 2.86 bits per heavy atom. The van der Waals surface area contributed by atoms with Crippen molar-refractivity contribution in [1.82, 2.24) is 4.90 Å². The van der Waals surface area contributed by atoms with E-state index in [1.165, 1.54) is 0 Å². The molecule has 0 aromatic heterocycles. The van der Waals surface area contributed by atoms with Gasteiger partial charge in [0.1, 0.15) is 5.75 Å². The van der Waals surface area contributed by atoms with Gasteiger partial charge in [0.2, 0.25) is 5.91 Å². The zero-order valence-corrected chi connectivity index (χ0v) is 13.4. The monoisotopic (exact) mass is 303 g/mol. The lowest BCUT2D eigenvalue weighted by Crippen LogP contribution is -2.47. The van der Waals surface area contributed by atoms with Crippen molar-refractivity contribution in [2.75, 3.05) is 20.3 Å². The number of amides is 1. The van der Waals surface area contributed by atoms with Crippen LogP contribution in [0, 0.1) is 11.8 Å². The molecule has 4 nitrogen and oxygen atoms in total. The van der Waals surface area contributed by atoms with E-state index in [2.05, 4.69) is 13.0 Å². The number of hydrogen-bond donors (Lipinski definition) is 1. The Balaban J connectivity index is 1.69. The molecule has 1 N–H and O–H groups in total. The summed E-state index contributed by atoms with van der Waals surface area (Å²) >= 11 is 0. The molecular formula is C18H25NO3. The van der Waals surface area contributed by atoms with E-state index < -0.39 is 0 Å². The van der Waals surface area contributed by atoms with Crippen molar-refractivity contribution in [3.63, 3.8) is 0 Å². The van der Waals surface area contributed by atoms with Crippen LogP contribution in [-0.4, -0.2) is 42.2 Å². The van der Waals surface area contributed by atoms with Gasteiger partial charge in [-0.25, -0.2) is 0 Å². The van der Waals surface area contributed by atoms with Crippen LogP contribution in [0.3, 0.4) is 0 Å². The molecule has 1 aliphatic heterocycles. The van der Waals surface area contributed by atoms with Gasteiger partial charge < -0.3 is 14.7 Å². The fraction of sp³-hybridized carbons (Fsp3) is 0.611. The smallest absolute Gasteiger partial charge is 0.226 e. The van der Waals surface area contributed by atoms with E-state index >= 15 is 0 Å². The molecule has 4 heteroatoms. The average molecular weight is 303 g/mol. The van der Waals surface area contributed by atoms with E-state index in [0.29, 0.717) is 6.54 Å². The third-order valence-electron chi connectivity index (χ3n) is 5.17. The first-order chi connectivity index (χ1) is 10.7. The topological polar surface area (TPSA) is 49.8 Å². The van der Waals surface area contributed by atoms with Crippen LogP contribution in [-0.2, 0) is 4.79 Å². The van der Waals surface area contributed by atoms with Crippen molar-refractivity contribution in [1.29, 1.82) is 0 Å². The highest BCUT2D eigenvalue weighted by Gasteiger charge is 2.48. The van der Waals surface area contributed by atoms with E-state index in [9.17, 15) is 9.90 Å². The van der Waals surface area contributed by atoms with E-state index in [1.807, 2.05) is 23.1 Å². The lowest BCUT2D eigenvalue weighted by atomic mass is 9.93. The molecule has 1 amide bonds. The quantitative estimate of drug-likeness (QED) is 0.929. The molecule has 22 heavy (non-hydrogen) atoms. The largest absolute Gasteiger partial charge is 0.496 e. The normalized spacial score (nSPS) is 31.0. The molecule has 4 atom stereocenters. The van der Waals surface area contributed by atoms with Gasteiger partial charge in [-0.05, 0) is 49.7 Å². The highest BCUT2D eigenvalue weighted by molar-refractivity contribution is 5.83. The van der Waals surface area contributed by atoms with Crippen molar-refractivity contribution < 1.29 is 14.6 Å². The zero-order valence-electron chi connectivity index (χ0n) is 13.4. The minimum Gasteiger partial charge on any atom is -0.496 e. The van der Waals surface area contributed by atoms with Crippen LogP contribution in [0.15, 0.2) is 24.3 Å². The van der Waals surface area contributed by atoms with Crippen molar-refractivity contribution in [3.8, 4) is 5.75 Å². The maximum absolute atomic E-state index is 12.8. The first kappa shape index (κ1) is 15.3. The van der Waals surface area contributed by atoms with Crippen LogP contribution < -0.4 is 4.74 Å². The summed E-state index contributed by atoms with van der Waals surface area (Å²) in [5, 5.41) is 9.37. The molecular weight excluding hydrogens is 278 g/mol. The molecule has 1 saturated carbocycles. The molecule has 1 aromatic rings. The van der Waals surface area contributed by atoms with Crippen molar-refractivity contribution in [2.45, 2.75) is 38.1 Å². The molecule has 1 saturated heterocycles. The first-order valence-electron chi connectivity index (χ1n) is 8.20. The zero-order chi connectivity index (χ0) is 15.7. The Bertz CT molecular complexity index is 545. The third kappa shape index (κ3) is 2.84. The summed E-state index contributed by atoms with van der Waals surface area (Å²) in [7, 11) is 1.68. The molecule has 1 heterocycles. The van der Waals surface area contributed by atoms with Crippen molar-refractivity contribution in [3.05, 3.63) is 29.8 Å². The minimum atomic E-state index is 0.0798. The number of nitrogens with zero attached hydrogens (tertiary/aromatic N) is 1. The van der Waals surface area contributed by atoms with Gasteiger partial charge in [0.15, 0.2) is 0 Å². The highest BCUT2D eigenvalue weighted by Crippen LogP contribution is 2.51. The number of methoxy groups -OCH3 is 1. The van der Waals surface area contributed by atoms with Gasteiger partial charge in [0, 0.05) is 25.1 Å². The summed E-state index contributed by atoms with van der Waals surface area (Å²) in [5.41, 5.74) is 1.15. The lowest BCUT2D eigenvalue weighted by Gasteiger charge is -2.37. The van der Waals surface area contributed by atoms with Gasteiger partial charge in [-0.2, -0.15) is 0 Å². The Labute approximate surface area is 132 Å². The second kappa shape index (κ2) is 6.29. The van der Waals surface area contributed by atoms with Gasteiger partial charge in [-0.15, -0.1) is 0 Å². The number of aliphatic hydroxyl groups excluding tert-OH is 1. The molecule has 0 bridgehead atoms. The van der Waals surface area contributed by atoms with Crippen LogP contribution in [0.1, 0.15) is 37.7 Å². The lowest BCUT2D eigenvalue weighted by molar-refractivity contribution is -0.137. The van der Waals surface area contributed by atoms with Crippen molar-refractivity contribution in [2.24, 2.45) is 11.8 Å². The van der Waals surface area contributed by atoms with Crippen LogP contribution in [0.2, 0.25) is 0 Å². The number of hydrogen-bond acceptors (Lipinski definition) is 3. The van der Waals surface area contributed by atoms with Crippen molar-refractivity contribution >= 4 is 5.91 Å². The Morgan fingerprint density at radius 1 is 1.36 bits per heavy atom. The summed E-state index contributed by atoms with van der Waals surface area (Å²) in [5.74, 6) is 1.73. The maximum atomic E-state index is 12.8. The van der Waals surface area contributed by atoms with E-state index in [4.69, 9.17) is 4.74 Å². The number of para-hydroxylation sites is 1. The van der Waals surface area contributed by atoms with Gasteiger partial charge in [-0.3, -0.25) is 4.79 Å². The van der Waals surface area contributed by atoms with Crippen LogP contribution in [0.5, 0.6) is 5.75 Å². The Hall–Kier alpha value is -1.55. The number of ether oxygens (including phenoxy) is 1. The minimum absolute atomic E-state index is 0.0798. The number of carbonyl (C=O) groups excluding carboxylic acids is 1. The number of rotatable bonds is 4. The second-order valence-electron chi connectivity index (χ2n) is 6.66. The summed E-state index contributed by atoms with van der Waals surface area (Å²) in [6.07, 6.45) is 2.91. The molecule has 0 spiro atoms. The fourth-order valence-electron chi connectivity index (χ4n) is 3.64. The third-order valence-corrected chi connectivity index (χ3v) is 5.17. The number of carbonyl (C=O) groups is 1. The van der Waals surface area contributed by atoms with E-state index in [0.717, 1.165) is 30.6 Å². The standard InChI is InChI=1S/C18H25NO3/c1-12-7-8-13(11-20)10-19(12)18(21)16-9-15(16)14-5-3-4-6-17(14)22-2/h3-6,12-13,15-16,20H,7-11H2,1-2H3. The molecule has 2 fully saturated rings. The van der Waals surface area contributed by atoms with E-state index in [1.54, 1.807) is 7.11 Å². The summed E-state index contributed by atoms with van der Waals surface area (Å²) < 4.78 is 5.42. The number of piperidine rings is 1. The predicted molar refractivity (Wildman–Crippen MR) is 84.8 cm³/mol. The maximum Gasteiger partial charge on any atom is 0.226 e. The fourth-order valence-corrected chi connectivity index (χ4v) is 3.64. The van der Waals surface area contributed by atoms with Crippen LogP contribution in [0.25, 0.3) is 0 Å². The van der Waals surface area contributed by atoms with Gasteiger partial charge in [0.05, 0.1) is 7.11 Å². The first-order valence-corrected chi connectivity index (χ1v) is 8.20. The highest BCUT2D eigenvalue weighted by atomic mass is 16.5. The number of likely N-dealkylation sites (tertiary alicyclic amines) is 1. The Morgan fingerprint density at radius 2 is 2.14 bits per heavy atom. The average Bonchev–Trinajstić information content (AvgIpc) is 3.35. The SMILES string of the molecule is COc1ccccc1C1CC1C(=O)N1CC(CO)CCC1C. The van der Waals surface area contributed by atoms with E-state index in [-0.39, 0.29) is 36.3 Å². The summed E-state index contributed by atoms with van der Waals surface area (Å²) in [6, 6.07) is 8.27. The van der Waals surface area contributed by atoms with Crippen LogP contribution in [0.4, 0.5) is 0 Å². The summed E-state index contributed by atoms with van der Waals surface area (Å²) in [4.78, 5) is 14.8. The molecule has 0 radical (unpaired) electrons. The predicted octanol–water partition coefficient (Wildman–Crippen LogP) is 2.42. The molecule has 120 valence electrons. The molecule has 2 aliphatic rings. The number of aliphatic hydroxyl groups is 1. The molecule has 3 rings (SSSR count). The van der Waals surface area contributed by atoms with Gasteiger partial charge >= 0.3 is 0 Å². The molecule has 4 unspecified atom stereocenters. The van der Waals surface area contributed by atoms with Gasteiger partial charge in [-0.1, -0.05) is 18.2 Å². The Kier molecular flexibility index (Phi) is 4.39. The second-order valence-corrected chi connectivity index (χ2v) is 6.66. The van der Waals surface area contributed by atoms with Crippen LogP contribution >= 0.6 is 0 Å². The number of benzene rings is 1. The summed E-state index contributed by atoms with van der Waals surface area (Å²) in [6.45, 7) is 2.99.